The highest BCUT2D eigenvalue weighted by molar-refractivity contribution is 6.84. The van der Waals surface area contributed by atoms with E-state index in [0.29, 0.717) is 13.2 Å². The van der Waals surface area contributed by atoms with Crippen LogP contribution in [-0.2, 0) is 13.6 Å². The van der Waals surface area contributed by atoms with Gasteiger partial charge >= 0.3 is 0 Å². The molecule has 0 aromatic heterocycles. The van der Waals surface area contributed by atoms with E-state index < -0.39 is 16.6 Å². The van der Waals surface area contributed by atoms with Crippen LogP contribution in [0.1, 0.15) is 40.5 Å². The van der Waals surface area contributed by atoms with Crippen molar-refractivity contribution < 1.29 is 13.6 Å². The fourth-order valence-corrected chi connectivity index (χ4v) is 11.7. The van der Waals surface area contributed by atoms with E-state index in [4.69, 9.17) is 13.6 Å². The summed E-state index contributed by atoms with van der Waals surface area (Å²) < 4.78 is 18.3. The minimum atomic E-state index is -1.66. The van der Waals surface area contributed by atoms with Crippen molar-refractivity contribution in [2.75, 3.05) is 13.2 Å². The third kappa shape index (κ3) is 14.6. The van der Waals surface area contributed by atoms with Crippen molar-refractivity contribution >= 4 is 16.6 Å². The van der Waals surface area contributed by atoms with Gasteiger partial charge in [0, 0.05) is 0 Å². The summed E-state index contributed by atoms with van der Waals surface area (Å²) in [6.45, 7) is 26.8. The standard InChI is InChI=1S/C20H42O3Si2/c1-17(2)15-21-19(5)11-13-24(7,8)23-25(9,10)14-12-20(6)22-16-18(3)4/h19-20H,1,3,11-16H2,2,4-10H3. The number of hydrogen-bond donors (Lipinski definition) is 0. The van der Waals surface area contributed by atoms with Gasteiger partial charge in [-0.05, 0) is 78.8 Å². The molecule has 0 rings (SSSR count). The van der Waals surface area contributed by atoms with Gasteiger partial charge in [0.25, 0.3) is 0 Å². The third-order valence-electron chi connectivity index (χ3n) is 4.09. The van der Waals surface area contributed by atoms with Gasteiger partial charge in [0.05, 0.1) is 25.4 Å². The average Bonchev–Trinajstić information content (AvgIpc) is 2.46. The predicted molar refractivity (Wildman–Crippen MR) is 115 cm³/mol. The van der Waals surface area contributed by atoms with Crippen molar-refractivity contribution in [2.45, 2.75) is 91.0 Å². The summed E-state index contributed by atoms with van der Waals surface area (Å²) in [7, 11) is -3.32. The molecule has 0 amide bonds. The molecule has 0 saturated carbocycles. The number of hydrogen-bond acceptors (Lipinski definition) is 3. The highest BCUT2D eigenvalue weighted by atomic mass is 28.4. The lowest BCUT2D eigenvalue weighted by Gasteiger charge is -2.35. The Labute approximate surface area is 159 Å². The van der Waals surface area contributed by atoms with Crippen LogP contribution in [0.5, 0.6) is 0 Å². The molecule has 0 aromatic rings. The average molecular weight is 387 g/mol. The Morgan fingerprint density at radius 1 is 0.760 bits per heavy atom. The molecule has 0 fully saturated rings. The lowest BCUT2D eigenvalue weighted by molar-refractivity contribution is 0.0798. The molecule has 0 N–H and O–H groups in total. The Morgan fingerprint density at radius 2 is 1.08 bits per heavy atom. The van der Waals surface area contributed by atoms with Gasteiger partial charge in [-0.1, -0.05) is 24.3 Å². The van der Waals surface area contributed by atoms with Crippen LogP contribution in [0.15, 0.2) is 24.3 Å². The smallest absolute Gasteiger partial charge is 0.173 e. The van der Waals surface area contributed by atoms with Gasteiger partial charge in [0.1, 0.15) is 0 Å². The van der Waals surface area contributed by atoms with Crippen LogP contribution in [-0.4, -0.2) is 42.1 Å². The molecule has 0 radical (unpaired) electrons. The first-order valence-electron chi connectivity index (χ1n) is 9.55. The van der Waals surface area contributed by atoms with E-state index in [9.17, 15) is 0 Å². The summed E-state index contributed by atoms with van der Waals surface area (Å²) in [5.41, 5.74) is 2.16. The molecule has 0 aliphatic carbocycles. The molecule has 3 nitrogen and oxygen atoms in total. The Hall–Kier alpha value is -0.206. The topological polar surface area (TPSA) is 27.7 Å². The maximum Gasteiger partial charge on any atom is 0.173 e. The molecule has 148 valence electrons. The van der Waals surface area contributed by atoms with Crippen LogP contribution in [0, 0.1) is 0 Å². The largest absolute Gasteiger partial charge is 0.455 e. The molecule has 2 unspecified atom stereocenters. The van der Waals surface area contributed by atoms with Gasteiger partial charge in [-0.25, -0.2) is 0 Å². The lowest BCUT2D eigenvalue weighted by atomic mass is 10.3. The van der Waals surface area contributed by atoms with E-state index in [1.165, 1.54) is 0 Å². The Bertz CT molecular complexity index is 381. The summed E-state index contributed by atoms with van der Waals surface area (Å²) in [6.07, 6.45) is 2.67. The SMILES string of the molecule is C=C(C)COC(C)CC[Si](C)(C)O[Si](C)(C)CCC(C)OCC(=C)C. The minimum absolute atomic E-state index is 0.271. The molecule has 0 spiro atoms. The van der Waals surface area contributed by atoms with E-state index in [1.807, 2.05) is 13.8 Å². The van der Waals surface area contributed by atoms with Crippen molar-refractivity contribution in [3.05, 3.63) is 24.3 Å². The zero-order chi connectivity index (χ0) is 19.7. The second kappa shape index (κ2) is 11.5. The molecule has 5 heteroatoms. The first-order valence-corrected chi connectivity index (χ1v) is 15.8. The van der Waals surface area contributed by atoms with Crippen LogP contribution in [0.25, 0.3) is 0 Å². The zero-order valence-corrected chi connectivity index (χ0v) is 20.0. The fourth-order valence-electron chi connectivity index (χ4n) is 2.69. The van der Waals surface area contributed by atoms with Gasteiger partial charge in [0.2, 0.25) is 0 Å². The van der Waals surface area contributed by atoms with Gasteiger partial charge in [-0.2, -0.15) is 0 Å². The van der Waals surface area contributed by atoms with Crippen LogP contribution < -0.4 is 0 Å². The number of rotatable bonds is 14. The maximum absolute atomic E-state index is 6.71. The molecule has 0 aliphatic heterocycles. The van der Waals surface area contributed by atoms with Crippen LogP contribution in [0.3, 0.4) is 0 Å². The van der Waals surface area contributed by atoms with Crippen LogP contribution in [0.2, 0.25) is 38.3 Å². The van der Waals surface area contributed by atoms with Crippen molar-refractivity contribution in [2.24, 2.45) is 0 Å². The number of ether oxygens (including phenoxy) is 2. The van der Waals surface area contributed by atoms with Gasteiger partial charge in [-0.15, -0.1) is 0 Å². The van der Waals surface area contributed by atoms with E-state index in [1.54, 1.807) is 0 Å². The molecule has 0 aliphatic rings. The van der Waals surface area contributed by atoms with Crippen molar-refractivity contribution in [3.8, 4) is 0 Å². The second-order valence-corrected chi connectivity index (χ2v) is 17.7. The van der Waals surface area contributed by atoms with E-state index >= 15 is 0 Å². The van der Waals surface area contributed by atoms with Gasteiger partial charge in [0.15, 0.2) is 16.6 Å². The summed E-state index contributed by atoms with van der Waals surface area (Å²) in [4.78, 5) is 0. The van der Waals surface area contributed by atoms with Crippen molar-refractivity contribution in [1.82, 2.24) is 0 Å². The summed E-state index contributed by atoms with van der Waals surface area (Å²) >= 11 is 0. The van der Waals surface area contributed by atoms with Crippen molar-refractivity contribution in [3.63, 3.8) is 0 Å². The Morgan fingerprint density at radius 3 is 1.36 bits per heavy atom. The van der Waals surface area contributed by atoms with E-state index in [0.717, 1.165) is 36.1 Å². The zero-order valence-electron chi connectivity index (χ0n) is 18.0. The molecule has 0 saturated heterocycles. The lowest BCUT2D eigenvalue weighted by Crippen LogP contribution is -2.45. The quantitative estimate of drug-likeness (QED) is 0.264. The summed E-state index contributed by atoms with van der Waals surface area (Å²) in [5.74, 6) is 0. The van der Waals surface area contributed by atoms with Crippen LogP contribution >= 0.6 is 0 Å². The third-order valence-corrected chi connectivity index (χ3v) is 11.5. The van der Waals surface area contributed by atoms with Crippen LogP contribution in [0.4, 0.5) is 0 Å². The molecular formula is C20H42O3Si2. The highest BCUT2D eigenvalue weighted by Gasteiger charge is 2.33. The van der Waals surface area contributed by atoms with Gasteiger partial charge < -0.3 is 13.6 Å². The first-order chi connectivity index (χ1) is 11.3. The predicted octanol–water partition coefficient (Wildman–Crippen LogP) is 6.16. The summed E-state index contributed by atoms with van der Waals surface area (Å²) in [6, 6.07) is 2.28. The van der Waals surface area contributed by atoms with Crippen molar-refractivity contribution in [1.29, 1.82) is 0 Å². The molecule has 0 aromatic carbocycles. The fraction of sp³-hybridized carbons (Fsp3) is 0.800. The van der Waals surface area contributed by atoms with E-state index in [2.05, 4.69) is 53.2 Å². The monoisotopic (exact) mass is 386 g/mol. The highest BCUT2D eigenvalue weighted by Crippen LogP contribution is 2.25. The first kappa shape index (κ1) is 24.8. The molecule has 0 heterocycles. The second-order valence-electron chi connectivity index (χ2n) is 8.86. The van der Waals surface area contributed by atoms with Gasteiger partial charge in [-0.3, -0.25) is 0 Å². The molecular weight excluding hydrogens is 344 g/mol. The van der Waals surface area contributed by atoms with E-state index in [-0.39, 0.29) is 12.2 Å². The molecule has 25 heavy (non-hydrogen) atoms. The Kier molecular flexibility index (Phi) is 11.4. The molecule has 0 bridgehead atoms. The molecule has 2 atom stereocenters. The summed E-state index contributed by atoms with van der Waals surface area (Å²) in [5, 5.41) is 0. The minimum Gasteiger partial charge on any atom is -0.455 e. The Balaban J connectivity index is 4.26. The normalized spacial score (nSPS) is 15.0. The maximum atomic E-state index is 6.71.